The number of carbonyl (C=O) groups excluding carboxylic acids is 1. The highest BCUT2D eigenvalue weighted by Crippen LogP contribution is 2.27. The zero-order chi connectivity index (χ0) is 17.8. The molecule has 3 rings (SSSR count). The molecule has 25 heavy (non-hydrogen) atoms. The van der Waals surface area contributed by atoms with E-state index in [1.54, 1.807) is 19.2 Å². The number of hydrogen-bond acceptors (Lipinski definition) is 5. The molecule has 1 unspecified atom stereocenters. The molecule has 1 aromatic heterocycles. The molecule has 128 valence electrons. The van der Waals surface area contributed by atoms with Gasteiger partial charge >= 0.3 is 0 Å². The Bertz CT molecular complexity index is 880. The molecule has 1 atom stereocenters. The molecular formula is C18H16ClN3O2S. The Balaban J connectivity index is 1.81. The van der Waals surface area contributed by atoms with Crippen molar-refractivity contribution in [2.24, 2.45) is 0 Å². The van der Waals surface area contributed by atoms with Gasteiger partial charge in [0, 0.05) is 10.6 Å². The van der Waals surface area contributed by atoms with Crippen molar-refractivity contribution >= 4 is 29.0 Å². The van der Waals surface area contributed by atoms with Crippen LogP contribution >= 0.6 is 23.1 Å². The van der Waals surface area contributed by atoms with Gasteiger partial charge < -0.3 is 10.1 Å². The molecule has 1 N–H and O–H groups in total. The zero-order valence-corrected chi connectivity index (χ0v) is 15.3. The Morgan fingerprint density at radius 1 is 1.24 bits per heavy atom. The summed E-state index contributed by atoms with van der Waals surface area (Å²) in [6.45, 7) is 1.92. The lowest BCUT2D eigenvalue weighted by atomic mass is 10.1. The number of carbonyl (C=O) groups is 1. The lowest BCUT2D eigenvalue weighted by Crippen LogP contribution is -2.26. The standard InChI is InChI=1S/C18H16ClN3O2S/c1-11(12-6-8-14(19)9-7-12)20-18(23)17-16(21-22-25-17)13-4-3-5-15(10-13)24-2/h3-11H,1-2H3,(H,20,23). The van der Waals surface area contributed by atoms with E-state index in [4.69, 9.17) is 16.3 Å². The summed E-state index contributed by atoms with van der Waals surface area (Å²) in [7, 11) is 1.60. The fourth-order valence-electron chi connectivity index (χ4n) is 2.40. The number of nitrogens with zero attached hydrogens (tertiary/aromatic N) is 2. The Kier molecular flexibility index (Phi) is 5.31. The van der Waals surface area contributed by atoms with Crippen molar-refractivity contribution in [1.29, 1.82) is 0 Å². The minimum Gasteiger partial charge on any atom is -0.497 e. The average Bonchev–Trinajstić information content (AvgIpc) is 3.12. The quantitative estimate of drug-likeness (QED) is 0.721. The van der Waals surface area contributed by atoms with Crippen LogP contribution in [0.25, 0.3) is 11.3 Å². The second-order valence-electron chi connectivity index (χ2n) is 5.43. The van der Waals surface area contributed by atoms with Gasteiger partial charge in [-0.2, -0.15) is 0 Å². The van der Waals surface area contributed by atoms with E-state index >= 15 is 0 Å². The summed E-state index contributed by atoms with van der Waals surface area (Å²) in [4.78, 5) is 13.1. The number of amides is 1. The fraction of sp³-hybridized carbons (Fsp3) is 0.167. The lowest BCUT2D eigenvalue weighted by Gasteiger charge is -2.14. The van der Waals surface area contributed by atoms with Crippen molar-refractivity contribution in [1.82, 2.24) is 14.9 Å². The summed E-state index contributed by atoms with van der Waals surface area (Å²) >= 11 is 6.97. The summed E-state index contributed by atoms with van der Waals surface area (Å²) in [5.41, 5.74) is 2.31. The molecule has 0 aliphatic carbocycles. The maximum absolute atomic E-state index is 12.7. The van der Waals surface area contributed by atoms with E-state index in [0.717, 1.165) is 22.7 Å². The first-order valence-corrected chi connectivity index (χ1v) is 8.76. The number of rotatable bonds is 5. The Morgan fingerprint density at radius 2 is 2.00 bits per heavy atom. The minimum atomic E-state index is -0.213. The van der Waals surface area contributed by atoms with Crippen LogP contribution in [-0.4, -0.2) is 22.6 Å². The van der Waals surface area contributed by atoms with Crippen LogP contribution in [-0.2, 0) is 0 Å². The molecule has 0 aliphatic rings. The van der Waals surface area contributed by atoms with E-state index in [-0.39, 0.29) is 11.9 Å². The second-order valence-corrected chi connectivity index (χ2v) is 6.62. The number of methoxy groups -OCH3 is 1. The predicted octanol–water partition coefficient (Wildman–Crippen LogP) is 4.36. The first-order valence-electron chi connectivity index (χ1n) is 7.61. The van der Waals surface area contributed by atoms with Crippen LogP contribution < -0.4 is 10.1 Å². The first kappa shape index (κ1) is 17.4. The molecule has 0 fully saturated rings. The highest BCUT2D eigenvalue weighted by atomic mass is 35.5. The maximum Gasteiger partial charge on any atom is 0.265 e. The van der Waals surface area contributed by atoms with Crippen molar-refractivity contribution in [3.63, 3.8) is 0 Å². The summed E-state index contributed by atoms with van der Waals surface area (Å²) in [6.07, 6.45) is 0. The number of ether oxygens (including phenoxy) is 1. The van der Waals surface area contributed by atoms with E-state index in [0.29, 0.717) is 21.3 Å². The molecule has 0 aliphatic heterocycles. The second kappa shape index (κ2) is 7.63. The van der Waals surface area contributed by atoms with Crippen LogP contribution in [0.4, 0.5) is 0 Å². The van der Waals surface area contributed by atoms with E-state index in [1.807, 2.05) is 43.3 Å². The molecule has 0 radical (unpaired) electrons. The maximum atomic E-state index is 12.7. The van der Waals surface area contributed by atoms with Crippen molar-refractivity contribution in [3.8, 4) is 17.0 Å². The SMILES string of the molecule is COc1cccc(-c2nnsc2C(=O)NC(C)c2ccc(Cl)cc2)c1. The number of hydrogen-bond donors (Lipinski definition) is 1. The molecule has 1 heterocycles. The van der Waals surface area contributed by atoms with Gasteiger partial charge in [-0.15, -0.1) is 5.10 Å². The molecule has 1 amide bonds. The Hall–Kier alpha value is -2.44. The third-order valence-corrected chi connectivity index (χ3v) is 4.73. The topological polar surface area (TPSA) is 64.1 Å². The van der Waals surface area contributed by atoms with Crippen LogP contribution in [0.15, 0.2) is 48.5 Å². The molecule has 0 saturated heterocycles. The summed E-state index contributed by atoms with van der Waals surface area (Å²) in [6, 6.07) is 14.6. The minimum absolute atomic E-state index is 0.162. The first-order chi connectivity index (χ1) is 12.1. The number of aromatic nitrogens is 2. The Labute approximate surface area is 154 Å². The van der Waals surface area contributed by atoms with Crippen LogP contribution in [0.3, 0.4) is 0 Å². The molecule has 0 saturated carbocycles. The van der Waals surface area contributed by atoms with Crippen molar-refractivity contribution < 1.29 is 9.53 Å². The zero-order valence-electron chi connectivity index (χ0n) is 13.7. The number of benzene rings is 2. The van der Waals surface area contributed by atoms with E-state index in [2.05, 4.69) is 14.9 Å². The van der Waals surface area contributed by atoms with Crippen LogP contribution in [0.2, 0.25) is 5.02 Å². The van der Waals surface area contributed by atoms with Crippen LogP contribution in [0.5, 0.6) is 5.75 Å². The molecule has 7 heteroatoms. The fourth-order valence-corrected chi connectivity index (χ4v) is 3.11. The predicted molar refractivity (Wildman–Crippen MR) is 99.2 cm³/mol. The van der Waals surface area contributed by atoms with Crippen molar-refractivity contribution in [2.75, 3.05) is 7.11 Å². The highest BCUT2D eigenvalue weighted by Gasteiger charge is 2.20. The molecule has 3 aromatic rings. The van der Waals surface area contributed by atoms with Crippen LogP contribution in [0.1, 0.15) is 28.2 Å². The largest absolute Gasteiger partial charge is 0.497 e. The van der Waals surface area contributed by atoms with Gasteiger partial charge in [0.05, 0.1) is 13.2 Å². The van der Waals surface area contributed by atoms with E-state index < -0.39 is 0 Å². The monoisotopic (exact) mass is 373 g/mol. The van der Waals surface area contributed by atoms with Gasteiger partial charge in [-0.3, -0.25) is 4.79 Å². The molecule has 2 aromatic carbocycles. The van der Waals surface area contributed by atoms with E-state index in [9.17, 15) is 4.79 Å². The molecule has 0 spiro atoms. The summed E-state index contributed by atoms with van der Waals surface area (Å²) < 4.78 is 9.17. The van der Waals surface area contributed by atoms with Gasteiger partial charge in [0.25, 0.3) is 5.91 Å². The highest BCUT2D eigenvalue weighted by molar-refractivity contribution is 7.08. The van der Waals surface area contributed by atoms with Gasteiger partial charge in [0.15, 0.2) is 0 Å². The molecule has 0 bridgehead atoms. The van der Waals surface area contributed by atoms with Gasteiger partial charge in [0.1, 0.15) is 16.3 Å². The van der Waals surface area contributed by atoms with Gasteiger partial charge in [-0.25, -0.2) is 0 Å². The summed E-state index contributed by atoms with van der Waals surface area (Å²) in [5.74, 6) is 0.488. The van der Waals surface area contributed by atoms with Crippen molar-refractivity contribution in [3.05, 3.63) is 64.0 Å². The third-order valence-electron chi connectivity index (χ3n) is 3.76. The lowest BCUT2D eigenvalue weighted by molar-refractivity contribution is 0.0944. The summed E-state index contributed by atoms with van der Waals surface area (Å²) in [5, 5.41) is 7.74. The molecular weight excluding hydrogens is 358 g/mol. The Morgan fingerprint density at radius 3 is 2.72 bits per heavy atom. The average molecular weight is 374 g/mol. The number of nitrogens with one attached hydrogen (secondary N) is 1. The molecule has 5 nitrogen and oxygen atoms in total. The van der Waals surface area contributed by atoms with Gasteiger partial charge in [-0.05, 0) is 48.3 Å². The van der Waals surface area contributed by atoms with Gasteiger partial charge in [-0.1, -0.05) is 40.4 Å². The number of halogens is 1. The van der Waals surface area contributed by atoms with E-state index in [1.165, 1.54) is 0 Å². The normalized spacial score (nSPS) is 11.8. The third kappa shape index (κ3) is 3.97. The smallest absolute Gasteiger partial charge is 0.265 e. The van der Waals surface area contributed by atoms with Gasteiger partial charge in [0.2, 0.25) is 0 Å². The van der Waals surface area contributed by atoms with Crippen molar-refractivity contribution in [2.45, 2.75) is 13.0 Å². The van der Waals surface area contributed by atoms with Crippen LogP contribution in [0, 0.1) is 0 Å².